The van der Waals surface area contributed by atoms with Crippen molar-refractivity contribution in [3.05, 3.63) is 57.5 Å². The number of carbonyl (C=O) groups is 1. The van der Waals surface area contributed by atoms with Gasteiger partial charge in [0.05, 0.1) is 5.69 Å². The summed E-state index contributed by atoms with van der Waals surface area (Å²) in [5.74, 6) is -0.689. The standard InChI is InChI=1S/C19H25N3O3/c20-19-21-16(12-6-7-13-17(23)24)15(18(25)22-19)11-5-4-10-14-8-2-1-3-9-14/h1-3,8-9H,4-7,10-13H2,(H,23,24)(H3,20,21,22,25). The van der Waals surface area contributed by atoms with Gasteiger partial charge in [0.1, 0.15) is 0 Å². The monoisotopic (exact) mass is 343 g/mol. The maximum absolute atomic E-state index is 12.2. The third kappa shape index (κ3) is 6.41. The Morgan fingerprint density at radius 1 is 1.04 bits per heavy atom. The Morgan fingerprint density at radius 2 is 1.72 bits per heavy atom. The minimum atomic E-state index is -0.806. The first-order chi connectivity index (χ1) is 12.1. The van der Waals surface area contributed by atoms with Gasteiger partial charge < -0.3 is 10.8 Å². The van der Waals surface area contributed by atoms with E-state index in [9.17, 15) is 9.59 Å². The Balaban J connectivity index is 1.91. The predicted octanol–water partition coefficient (Wildman–Crippen LogP) is 2.71. The SMILES string of the molecule is Nc1nc(CCCCC(=O)O)c(CCCCc2ccccc2)c(=O)[nH]1. The van der Waals surface area contributed by atoms with Gasteiger partial charge in [0, 0.05) is 12.0 Å². The zero-order valence-electron chi connectivity index (χ0n) is 14.3. The van der Waals surface area contributed by atoms with Crippen molar-refractivity contribution in [2.24, 2.45) is 0 Å². The van der Waals surface area contributed by atoms with Crippen molar-refractivity contribution >= 4 is 11.9 Å². The first-order valence-electron chi connectivity index (χ1n) is 8.69. The number of nitrogen functional groups attached to an aromatic ring is 1. The smallest absolute Gasteiger partial charge is 0.303 e. The molecule has 0 aliphatic rings. The van der Waals surface area contributed by atoms with E-state index >= 15 is 0 Å². The molecule has 134 valence electrons. The number of nitrogens with two attached hydrogens (primary N) is 1. The van der Waals surface area contributed by atoms with E-state index in [1.54, 1.807) is 0 Å². The molecular weight excluding hydrogens is 318 g/mol. The van der Waals surface area contributed by atoms with Crippen LogP contribution in [-0.4, -0.2) is 21.0 Å². The topological polar surface area (TPSA) is 109 Å². The van der Waals surface area contributed by atoms with Crippen LogP contribution in [0.5, 0.6) is 0 Å². The molecule has 1 heterocycles. The number of aromatic nitrogens is 2. The summed E-state index contributed by atoms with van der Waals surface area (Å²) in [4.78, 5) is 29.6. The molecule has 0 saturated heterocycles. The lowest BCUT2D eigenvalue weighted by atomic mass is 10.0. The average molecular weight is 343 g/mol. The molecule has 0 aliphatic carbocycles. The summed E-state index contributed by atoms with van der Waals surface area (Å²) >= 11 is 0. The molecule has 25 heavy (non-hydrogen) atoms. The van der Waals surface area contributed by atoms with Gasteiger partial charge in [0.25, 0.3) is 5.56 Å². The molecule has 0 atom stereocenters. The largest absolute Gasteiger partial charge is 0.481 e. The number of aromatic amines is 1. The molecule has 2 aromatic rings. The summed E-state index contributed by atoms with van der Waals surface area (Å²) in [6.45, 7) is 0. The van der Waals surface area contributed by atoms with Gasteiger partial charge in [-0.1, -0.05) is 30.3 Å². The van der Waals surface area contributed by atoms with E-state index in [2.05, 4.69) is 22.1 Å². The number of benzene rings is 1. The van der Waals surface area contributed by atoms with Crippen molar-refractivity contribution < 1.29 is 9.90 Å². The second kappa shape index (κ2) is 9.61. The molecule has 0 radical (unpaired) electrons. The van der Waals surface area contributed by atoms with Crippen molar-refractivity contribution in [2.45, 2.75) is 51.4 Å². The van der Waals surface area contributed by atoms with E-state index in [1.807, 2.05) is 18.2 Å². The van der Waals surface area contributed by atoms with Crippen LogP contribution in [0.25, 0.3) is 0 Å². The predicted molar refractivity (Wildman–Crippen MR) is 97.5 cm³/mol. The minimum Gasteiger partial charge on any atom is -0.481 e. The van der Waals surface area contributed by atoms with Crippen LogP contribution in [0, 0.1) is 0 Å². The van der Waals surface area contributed by atoms with Gasteiger partial charge in [-0.3, -0.25) is 14.6 Å². The molecule has 1 aromatic heterocycles. The Bertz CT molecular complexity index is 741. The second-order valence-electron chi connectivity index (χ2n) is 6.17. The Labute approximate surface area is 147 Å². The van der Waals surface area contributed by atoms with Crippen LogP contribution >= 0.6 is 0 Å². The average Bonchev–Trinajstić information content (AvgIpc) is 2.58. The number of nitrogens with zero attached hydrogens (tertiary/aromatic N) is 1. The number of carboxylic acids is 1. The highest BCUT2D eigenvalue weighted by molar-refractivity contribution is 5.66. The Kier molecular flexibility index (Phi) is 7.19. The fourth-order valence-electron chi connectivity index (χ4n) is 2.87. The lowest BCUT2D eigenvalue weighted by Gasteiger charge is -2.09. The highest BCUT2D eigenvalue weighted by Crippen LogP contribution is 2.12. The zero-order valence-corrected chi connectivity index (χ0v) is 14.3. The van der Waals surface area contributed by atoms with Crippen LogP contribution in [0.4, 0.5) is 5.95 Å². The van der Waals surface area contributed by atoms with Crippen LogP contribution in [0.1, 0.15) is 48.9 Å². The van der Waals surface area contributed by atoms with Crippen LogP contribution in [0.15, 0.2) is 35.1 Å². The third-order valence-electron chi connectivity index (χ3n) is 4.16. The van der Waals surface area contributed by atoms with Crippen molar-refractivity contribution in [1.29, 1.82) is 0 Å². The quantitative estimate of drug-likeness (QED) is 0.575. The van der Waals surface area contributed by atoms with E-state index in [1.165, 1.54) is 5.56 Å². The van der Waals surface area contributed by atoms with E-state index < -0.39 is 5.97 Å². The number of nitrogens with one attached hydrogen (secondary N) is 1. The molecule has 6 heteroatoms. The fraction of sp³-hybridized carbons (Fsp3) is 0.421. The minimum absolute atomic E-state index is 0.117. The number of anilines is 1. The maximum Gasteiger partial charge on any atom is 0.303 e. The van der Waals surface area contributed by atoms with Gasteiger partial charge in [-0.2, -0.15) is 0 Å². The summed E-state index contributed by atoms with van der Waals surface area (Å²) in [5, 5.41) is 8.70. The summed E-state index contributed by atoms with van der Waals surface area (Å²) in [6.07, 6.45) is 5.48. The van der Waals surface area contributed by atoms with E-state index in [0.29, 0.717) is 36.9 Å². The van der Waals surface area contributed by atoms with Crippen LogP contribution in [0.3, 0.4) is 0 Å². The lowest BCUT2D eigenvalue weighted by Crippen LogP contribution is -2.20. The van der Waals surface area contributed by atoms with Crippen LogP contribution < -0.4 is 11.3 Å². The molecule has 0 amide bonds. The number of hydrogen-bond acceptors (Lipinski definition) is 4. The summed E-state index contributed by atoms with van der Waals surface area (Å²) in [7, 11) is 0. The third-order valence-corrected chi connectivity index (χ3v) is 4.16. The number of carboxylic acid groups (broad SMARTS) is 1. The van der Waals surface area contributed by atoms with E-state index in [0.717, 1.165) is 19.3 Å². The molecular formula is C19H25N3O3. The van der Waals surface area contributed by atoms with Gasteiger partial charge in [-0.25, -0.2) is 4.98 Å². The summed E-state index contributed by atoms with van der Waals surface area (Å²) < 4.78 is 0. The zero-order chi connectivity index (χ0) is 18.1. The lowest BCUT2D eigenvalue weighted by molar-refractivity contribution is -0.137. The highest BCUT2D eigenvalue weighted by Gasteiger charge is 2.11. The molecule has 0 bridgehead atoms. The molecule has 4 N–H and O–H groups in total. The maximum atomic E-state index is 12.2. The van der Waals surface area contributed by atoms with E-state index in [-0.39, 0.29) is 17.9 Å². The molecule has 0 unspecified atom stereocenters. The molecule has 1 aromatic carbocycles. The molecule has 2 rings (SSSR count). The summed E-state index contributed by atoms with van der Waals surface area (Å²) in [5.41, 5.74) is 8.14. The second-order valence-corrected chi connectivity index (χ2v) is 6.17. The Hall–Kier alpha value is -2.63. The van der Waals surface area contributed by atoms with Gasteiger partial charge in [-0.15, -0.1) is 0 Å². The molecule has 6 nitrogen and oxygen atoms in total. The van der Waals surface area contributed by atoms with Crippen molar-refractivity contribution in [2.75, 3.05) is 5.73 Å². The first-order valence-corrected chi connectivity index (χ1v) is 8.69. The number of aryl methyl sites for hydroxylation is 2. The Morgan fingerprint density at radius 3 is 2.44 bits per heavy atom. The molecule has 0 saturated carbocycles. The van der Waals surface area contributed by atoms with E-state index in [4.69, 9.17) is 10.8 Å². The highest BCUT2D eigenvalue weighted by atomic mass is 16.4. The van der Waals surface area contributed by atoms with Gasteiger partial charge in [-0.05, 0) is 50.5 Å². The number of aliphatic carboxylic acids is 1. The molecule has 0 spiro atoms. The van der Waals surface area contributed by atoms with Crippen LogP contribution in [-0.2, 0) is 24.1 Å². The van der Waals surface area contributed by atoms with Crippen molar-refractivity contribution in [1.82, 2.24) is 9.97 Å². The molecule has 0 aliphatic heterocycles. The number of H-pyrrole nitrogens is 1. The number of rotatable bonds is 10. The summed E-state index contributed by atoms with van der Waals surface area (Å²) in [6, 6.07) is 10.3. The van der Waals surface area contributed by atoms with Gasteiger partial charge in [0.15, 0.2) is 0 Å². The van der Waals surface area contributed by atoms with Crippen molar-refractivity contribution in [3.8, 4) is 0 Å². The normalized spacial score (nSPS) is 10.7. The fourth-order valence-corrected chi connectivity index (χ4v) is 2.87. The van der Waals surface area contributed by atoms with Gasteiger partial charge >= 0.3 is 5.97 Å². The van der Waals surface area contributed by atoms with Crippen LogP contribution in [0.2, 0.25) is 0 Å². The van der Waals surface area contributed by atoms with Crippen molar-refractivity contribution in [3.63, 3.8) is 0 Å². The molecule has 0 fully saturated rings. The first kappa shape index (κ1) is 18.7. The number of unbranched alkanes of at least 4 members (excludes halogenated alkanes) is 2. The number of hydrogen-bond donors (Lipinski definition) is 3. The van der Waals surface area contributed by atoms with Gasteiger partial charge in [0.2, 0.25) is 5.95 Å².